The molecule has 0 aliphatic heterocycles. The van der Waals surface area contributed by atoms with Crippen LogP contribution < -0.4 is 10.6 Å². The first-order chi connectivity index (χ1) is 17.6. The van der Waals surface area contributed by atoms with Crippen molar-refractivity contribution in [3.63, 3.8) is 0 Å². The summed E-state index contributed by atoms with van der Waals surface area (Å²) in [7, 11) is -3.97. The lowest BCUT2D eigenvalue weighted by Gasteiger charge is -2.08. The van der Waals surface area contributed by atoms with E-state index in [0.29, 0.717) is 39.8 Å². The Morgan fingerprint density at radius 1 is 0.611 bits per heavy atom. The molecule has 0 heterocycles. The third-order valence-electron chi connectivity index (χ3n) is 5.32. The SMILES string of the molecule is CCCCCCCCCCNCOCCCSCCCNCCOCCOCCOCCP(=O)(O)O. The fourth-order valence-corrected chi connectivity index (χ4v) is 4.50. The summed E-state index contributed by atoms with van der Waals surface area (Å²) in [5.74, 6) is 2.31. The van der Waals surface area contributed by atoms with Gasteiger partial charge in [-0.3, -0.25) is 9.88 Å². The summed E-state index contributed by atoms with van der Waals surface area (Å²) >= 11 is 1.99. The lowest BCUT2D eigenvalue weighted by Crippen LogP contribution is -2.22. The van der Waals surface area contributed by atoms with Gasteiger partial charge in [-0.15, -0.1) is 0 Å². The van der Waals surface area contributed by atoms with Gasteiger partial charge < -0.3 is 34.1 Å². The van der Waals surface area contributed by atoms with Crippen LogP contribution in [0.2, 0.25) is 0 Å². The molecule has 0 spiro atoms. The van der Waals surface area contributed by atoms with E-state index in [9.17, 15) is 4.57 Å². The predicted octanol–water partition coefficient (Wildman–Crippen LogP) is 4.02. The van der Waals surface area contributed by atoms with Crippen molar-refractivity contribution in [3.8, 4) is 0 Å². The molecule has 11 heteroatoms. The first kappa shape index (κ1) is 36.3. The molecular weight excluding hydrogens is 503 g/mol. The molecule has 0 aromatic carbocycles. The molecule has 0 rings (SSSR count). The van der Waals surface area contributed by atoms with Crippen molar-refractivity contribution >= 4 is 19.4 Å². The fraction of sp³-hybridized carbons (Fsp3) is 1.00. The van der Waals surface area contributed by atoms with Gasteiger partial charge in [0.15, 0.2) is 0 Å². The van der Waals surface area contributed by atoms with Crippen LogP contribution in [-0.4, -0.2) is 100 Å². The molecule has 218 valence electrons. The minimum atomic E-state index is -3.97. The third-order valence-corrected chi connectivity index (χ3v) is 7.24. The summed E-state index contributed by atoms with van der Waals surface area (Å²) < 4.78 is 32.2. The van der Waals surface area contributed by atoms with E-state index in [4.69, 9.17) is 28.7 Å². The second kappa shape index (κ2) is 29.8. The Hall–Kier alpha value is 0.260. The molecule has 36 heavy (non-hydrogen) atoms. The van der Waals surface area contributed by atoms with Gasteiger partial charge in [-0.1, -0.05) is 51.9 Å². The molecule has 0 aromatic rings. The zero-order valence-corrected chi connectivity index (χ0v) is 24.5. The summed E-state index contributed by atoms with van der Waals surface area (Å²) in [6, 6.07) is 0. The van der Waals surface area contributed by atoms with Gasteiger partial charge in [-0.2, -0.15) is 11.8 Å². The van der Waals surface area contributed by atoms with Gasteiger partial charge in [0.1, 0.15) is 0 Å². The van der Waals surface area contributed by atoms with Gasteiger partial charge >= 0.3 is 7.60 Å². The zero-order chi connectivity index (χ0) is 26.4. The highest BCUT2D eigenvalue weighted by Gasteiger charge is 2.11. The molecule has 0 radical (unpaired) electrons. The normalized spacial score (nSPS) is 12.0. The van der Waals surface area contributed by atoms with E-state index in [1.54, 1.807) is 0 Å². The summed E-state index contributed by atoms with van der Waals surface area (Å²) in [6.45, 7) is 9.08. The molecule has 4 N–H and O–H groups in total. The molecule has 0 aromatic heterocycles. The van der Waals surface area contributed by atoms with Crippen molar-refractivity contribution in [3.05, 3.63) is 0 Å². The predicted molar refractivity (Wildman–Crippen MR) is 150 cm³/mol. The average molecular weight is 559 g/mol. The number of rotatable bonds is 31. The molecule has 0 unspecified atom stereocenters. The Morgan fingerprint density at radius 3 is 1.89 bits per heavy atom. The summed E-state index contributed by atoms with van der Waals surface area (Å²) in [6.07, 6.45) is 12.9. The van der Waals surface area contributed by atoms with Crippen LogP contribution in [-0.2, 0) is 23.5 Å². The van der Waals surface area contributed by atoms with E-state index in [1.165, 1.54) is 51.4 Å². The number of thioether (sulfide) groups is 1. The van der Waals surface area contributed by atoms with E-state index in [-0.39, 0.29) is 12.8 Å². The Labute approximate surface area is 224 Å². The lowest BCUT2D eigenvalue weighted by molar-refractivity contribution is 0.0175. The van der Waals surface area contributed by atoms with Crippen molar-refractivity contribution in [2.45, 2.75) is 71.1 Å². The summed E-state index contributed by atoms with van der Waals surface area (Å²) in [5.41, 5.74) is 0. The second-order valence-electron chi connectivity index (χ2n) is 8.82. The molecule has 0 saturated carbocycles. The van der Waals surface area contributed by atoms with Crippen LogP contribution in [0.15, 0.2) is 0 Å². The van der Waals surface area contributed by atoms with Gasteiger partial charge in [-0.25, -0.2) is 0 Å². The van der Waals surface area contributed by atoms with Crippen LogP contribution in [0.5, 0.6) is 0 Å². The maximum atomic E-state index is 10.6. The molecule has 9 nitrogen and oxygen atoms in total. The highest BCUT2D eigenvalue weighted by atomic mass is 32.2. The quantitative estimate of drug-likeness (QED) is 0.0564. The number of hydrogen-bond donors (Lipinski definition) is 4. The first-order valence-electron chi connectivity index (χ1n) is 13.9. The monoisotopic (exact) mass is 558 g/mol. The first-order valence-corrected chi connectivity index (χ1v) is 16.9. The zero-order valence-electron chi connectivity index (χ0n) is 22.8. The second-order valence-corrected chi connectivity index (χ2v) is 11.8. The Balaban J connectivity index is 3.04. The van der Waals surface area contributed by atoms with Crippen LogP contribution in [0.3, 0.4) is 0 Å². The molecular formula is C25H55N2O7PS. The summed E-state index contributed by atoms with van der Waals surface area (Å²) in [5, 5.41) is 6.76. The minimum Gasteiger partial charge on any atom is -0.378 e. The van der Waals surface area contributed by atoms with E-state index in [2.05, 4.69) is 17.6 Å². The highest BCUT2D eigenvalue weighted by molar-refractivity contribution is 7.99. The average Bonchev–Trinajstić information content (AvgIpc) is 2.84. The van der Waals surface area contributed by atoms with Gasteiger partial charge in [0.25, 0.3) is 0 Å². The molecule has 0 atom stereocenters. The molecule has 0 fully saturated rings. The van der Waals surface area contributed by atoms with Gasteiger partial charge in [-0.05, 0) is 43.9 Å². The molecule has 0 aliphatic carbocycles. The van der Waals surface area contributed by atoms with Crippen molar-refractivity contribution < 1.29 is 33.3 Å². The molecule has 0 amide bonds. The standard InChI is InChI=1S/C25H55N2O7PS/c1-2-3-4-5-6-7-8-9-12-27-25-34-15-11-24-36-23-10-13-26-14-16-31-17-18-32-19-20-33-21-22-35(28,29)30/h26-27H,2-25H2,1H3,(H2,28,29,30). The summed E-state index contributed by atoms with van der Waals surface area (Å²) in [4.78, 5) is 17.4. The Bertz CT molecular complexity index is 476. The van der Waals surface area contributed by atoms with Crippen molar-refractivity contribution in [1.82, 2.24) is 10.6 Å². The molecule has 0 saturated heterocycles. The number of unbranched alkanes of at least 4 members (excludes halogenated alkanes) is 7. The maximum Gasteiger partial charge on any atom is 0.327 e. The number of nitrogens with one attached hydrogen (secondary N) is 2. The van der Waals surface area contributed by atoms with Crippen LogP contribution in [0.4, 0.5) is 0 Å². The van der Waals surface area contributed by atoms with Gasteiger partial charge in [0.05, 0.1) is 52.5 Å². The van der Waals surface area contributed by atoms with E-state index in [1.807, 2.05) is 11.8 Å². The highest BCUT2D eigenvalue weighted by Crippen LogP contribution is 2.33. The molecule has 0 aliphatic rings. The number of ether oxygens (including phenoxy) is 4. The van der Waals surface area contributed by atoms with Gasteiger partial charge in [0.2, 0.25) is 0 Å². The molecule has 0 bridgehead atoms. The Morgan fingerprint density at radius 2 is 1.19 bits per heavy atom. The minimum absolute atomic E-state index is 0.0416. The van der Waals surface area contributed by atoms with Crippen LogP contribution in [0, 0.1) is 0 Å². The van der Waals surface area contributed by atoms with Crippen molar-refractivity contribution in [2.75, 3.05) is 90.3 Å². The largest absolute Gasteiger partial charge is 0.378 e. The topological polar surface area (TPSA) is 119 Å². The van der Waals surface area contributed by atoms with E-state index < -0.39 is 7.60 Å². The van der Waals surface area contributed by atoms with Crippen LogP contribution in [0.1, 0.15) is 71.1 Å². The third kappa shape index (κ3) is 34.3. The smallest absolute Gasteiger partial charge is 0.327 e. The van der Waals surface area contributed by atoms with Crippen LogP contribution in [0.25, 0.3) is 0 Å². The lowest BCUT2D eigenvalue weighted by atomic mass is 10.1. The van der Waals surface area contributed by atoms with E-state index in [0.717, 1.165) is 50.6 Å². The van der Waals surface area contributed by atoms with Crippen molar-refractivity contribution in [1.29, 1.82) is 0 Å². The number of hydrogen-bond acceptors (Lipinski definition) is 8. The van der Waals surface area contributed by atoms with Gasteiger partial charge in [0, 0.05) is 13.2 Å². The van der Waals surface area contributed by atoms with Crippen molar-refractivity contribution in [2.24, 2.45) is 0 Å². The van der Waals surface area contributed by atoms with Crippen LogP contribution >= 0.6 is 19.4 Å². The fourth-order valence-electron chi connectivity index (χ4n) is 3.26. The maximum absolute atomic E-state index is 10.6. The van der Waals surface area contributed by atoms with E-state index >= 15 is 0 Å². The Kier molecular flexibility index (Phi) is 30.0.